The molecular weight excluding hydrogens is 206 g/mol. The molecule has 4 nitrogen and oxygen atoms in total. The van der Waals surface area contributed by atoms with Gasteiger partial charge in [-0.2, -0.15) is 0 Å². The van der Waals surface area contributed by atoms with Gasteiger partial charge in [0.25, 0.3) is 0 Å². The monoisotopic (exact) mass is 225 g/mol. The van der Waals surface area contributed by atoms with Crippen molar-refractivity contribution < 1.29 is 13.9 Å². The number of carbonyl (C=O) groups excluding carboxylic acids is 1. The molecule has 1 heterocycles. The number of amides is 1. The Labute approximate surface area is 96.0 Å². The molecule has 1 rings (SSSR count). The average molecular weight is 225 g/mol. The Morgan fingerprint density at radius 2 is 2.25 bits per heavy atom. The molecule has 0 fully saturated rings. The third-order valence-corrected chi connectivity index (χ3v) is 1.98. The van der Waals surface area contributed by atoms with Crippen molar-refractivity contribution in [3.05, 3.63) is 24.2 Å². The molecule has 0 unspecified atom stereocenters. The Hall–Kier alpha value is -1.29. The fraction of sp³-hybridized carbons (Fsp3) is 0.583. The van der Waals surface area contributed by atoms with Gasteiger partial charge in [-0.25, -0.2) is 0 Å². The predicted molar refractivity (Wildman–Crippen MR) is 61.0 cm³/mol. The van der Waals surface area contributed by atoms with E-state index in [-0.39, 0.29) is 24.2 Å². The van der Waals surface area contributed by atoms with Gasteiger partial charge in [0.15, 0.2) is 0 Å². The fourth-order valence-corrected chi connectivity index (χ4v) is 1.17. The van der Waals surface area contributed by atoms with Gasteiger partial charge < -0.3 is 14.5 Å². The number of furan rings is 1. The molecule has 1 amide bonds. The van der Waals surface area contributed by atoms with Gasteiger partial charge in [-0.1, -0.05) is 0 Å². The summed E-state index contributed by atoms with van der Waals surface area (Å²) in [6.07, 6.45) is 1.59. The minimum atomic E-state index is -0.300. The molecule has 0 aliphatic heterocycles. The first-order chi connectivity index (χ1) is 7.38. The Bertz CT molecular complexity index is 325. The van der Waals surface area contributed by atoms with E-state index < -0.39 is 0 Å². The van der Waals surface area contributed by atoms with E-state index in [0.29, 0.717) is 0 Å². The van der Waals surface area contributed by atoms with Crippen LogP contribution in [0.3, 0.4) is 0 Å². The summed E-state index contributed by atoms with van der Waals surface area (Å²) >= 11 is 0. The van der Waals surface area contributed by atoms with E-state index in [4.69, 9.17) is 9.15 Å². The number of carbonyl (C=O) groups is 1. The molecule has 1 aromatic heterocycles. The first-order valence-corrected chi connectivity index (χ1v) is 5.35. The molecule has 0 aliphatic rings. The average Bonchev–Trinajstić information content (AvgIpc) is 2.66. The number of hydrogen-bond donors (Lipinski definition) is 1. The molecule has 0 spiro atoms. The maximum atomic E-state index is 11.5. The lowest BCUT2D eigenvalue weighted by Crippen LogP contribution is -2.33. The van der Waals surface area contributed by atoms with Crippen LogP contribution >= 0.6 is 0 Å². The van der Waals surface area contributed by atoms with Crippen LogP contribution < -0.4 is 5.32 Å². The number of nitrogens with one attached hydrogen (secondary N) is 1. The van der Waals surface area contributed by atoms with Crippen LogP contribution in [0.5, 0.6) is 0 Å². The molecule has 0 bridgehead atoms. The molecule has 1 atom stereocenters. The van der Waals surface area contributed by atoms with Gasteiger partial charge in [-0.15, -0.1) is 0 Å². The molecule has 1 aromatic rings. The Morgan fingerprint density at radius 3 is 2.75 bits per heavy atom. The topological polar surface area (TPSA) is 51.5 Å². The summed E-state index contributed by atoms with van der Waals surface area (Å²) in [6, 6.07) is 3.49. The molecule has 1 N–H and O–H groups in total. The zero-order valence-electron chi connectivity index (χ0n) is 10.2. The highest BCUT2D eigenvalue weighted by molar-refractivity contribution is 5.77. The summed E-state index contributed by atoms with van der Waals surface area (Å²) in [4.78, 5) is 11.5. The van der Waals surface area contributed by atoms with Crippen molar-refractivity contribution in [2.75, 3.05) is 6.61 Å². The highest BCUT2D eigenvalue weighted by Crippen LogP contribution is 2.12. The smallest absolute Gasteiger partial charge is 0.246 e. The van der Waals surface area contributed by atoms with E-state index >= 15 is 0 Å². The molecule has 0 aromatic carbocycles. The van der Waals surface area contributed by atoms with Crippen molar-refractivity contribution in [2.45, 2.75) is 39.3 Å². The molecule has 4 heteroatoms. The van der Waals surface area contributed by atoms with Gasteiger partial charge in [0.1, 0.15) is 12.4 Å². The second-order valence-corrected chi connectivity index (χ2v) is 4.71. The van der Waals surface area contributed by atoms with Gasteiger partial charge >= 0.3 is 0 Å². The predicted octanol–water partition coefficient (Wildman–Crippen LogP) is 2.27. The van der Waals surface area contributed by atoms with Crippen molar-refractivity contribution in [2.24, 2.45) is 0 Å². The first-order valence-electron chi connectivity index (χ1n) is 5.35. The molecule has 0 radical (unpaired) electrons. The summed E-state index contributed by atoms with van der Waals surface area (Å²) < 4.78 is 10.6. The van der Waals surface area contributed by atoms with Crippen molar-refractivity contribution in [1.29, 1.82) is 0 Å². The van der Waals surface area contributed by atoms with Crippen LogP contribution in [0.1, 0.15) is 39.5 Å². The summed E-state index contributed by atoms with van der Waals surface area (Å²) in [5.41, 5.74) is -0.300. The second-order valence-electron chi connectivity index (χ2n) is 4.71. The highest BCUT2D eigenvalue weighted by Gasteiger charge is 2.15. The zero-order chi connectivity index (χ0) is 12.2. The summed E-state index contributed by atoms with van der Waals surface area (Å²) in [5.74, 6) is 0.600. The normalized spacial score (nSPS) is 13.5. The van der Waals surface area contributed by atoms with Crippen molar-refractivity contribution >= 4 is 5.91 Å². The Morgan fingerprint density at radius 1 is 1.56 bits per heavy atom. The van der Waals surface area contributed by atoms with Crippen LogP contribution in [0.2, 0.25) is 0 Å². The van der Waals surface area contributed by atoms with Crippen LogP contribution in [-0.4, -0.2) is 18.1 Å². The lowest BCUT2D eigenvalue weighted by molar-refractivity contribution is -0.131. The van der Waals surface area contributed by atoms with E-state index in [1.165, 1.54) is 0 Å². The molecule has 0 saturated carbocycles. The van der Waals surface area contributed by atoms with E-state index in [1.807, 2.05) is 33.8 Å². The molecular formula is C12H19NO3. The third kappa shape index (κ3) is 4.49. The van der Waals surface area contributed by atoms with Gasteiger partial charge in [0, 0.05) is 0 Å². The van der Waals surface area contributed by atoms with E-state index in [0.717, 1.165) is 5.76 Å². The van der Waals surface area contributed by atoms with Crippen LogP contribution in [0.15, 0.2) is 22.8 Å². The summed E-state index contributed by atoms with van der Waals surface area (Å²) in [5, 5.41) is 2.80. The molecule has 90 valence electrons. The van der Waals surface area contributed by atoms with Gasteiger partial charge in [-0.3, -0.25) is 4.79 Å². The first kappa shape index (κ1) is 12.8. The number of ether oxygens (including phenoxy) is 1. The quantitative estimate of drug-likeness (QED) is 0.855. The Kier molecular flexibility index (Phi) is 4.12. The maximum Gasteiger partial charge on any atom is 0.246 e. The van der Waals surface area contributed by atoms with Crippen molar-refractivity contribution in [3.8, 4) is 0 Å². The zero-order valence-corrected chi connectivity index (χ0v) is 10.2. The van der Waals surface area contributed by atoms with Crippen molar-refractivity contribution in [3.63, 3.8) is 0 Å². The maximum absolute atomic E-state index is 11.5. The second kappa shape index (κ2) is 5.16. The van der Waals surface area contributed by atoms with E-state index in [9.17, 15) is 4.79 Å². The number of rotatable bonds is 4. The van der Waals surface area contributed by atoms with Crippen LogP contribution in [0.4, 0.5) is 0 Å². The minimum Gasteiger partial charge on any atom is -0.467 e. The third-order valence-electron chi connectivity index (χ3n) is 1.98. The number of hydrogen-bond acceptors (Lipinski definition) is 3. The van der Waals surface area contributed by atoms with Crippen molar-refractivity contribution in [1.82, 2.24) is 5.32 Å². The SMILES string of the molecule is C[C@H](NC(=O)COC(C)(C)C)c1ccco1. The minimum absolute atomic E-state index is 0.0640. The van der Waals surface area contributed by atoms with Crippen LogP contribution in [0, 0.1) is 0 Å². The fourth-order valence-electron chi connectivity index (χ4n) is 1.17. The largest absolute Gasteiger partial charge is 0.467 e. The van der Waals surface area contributed by atoms with Gasteiger partial charge in [0.05, 0.1) is 17.9 Å². The molecule has 0 saturated heterocycles. The summed E-state index contributed by atoms with van der Waals surface area (Å²) in [7, 11) is 0. The van der Waals surface area contributed by atoms with E-state index in [2.05, 4.69) is 5.32 Å². The molecule has 16 heavy (non-hydrogen) atoms. The van der Waals surface area contributed by atoms with Gasteiger partial charge in [-0.05, 0) is 39.8 Å². The highest BCUT2D eigenvalue weighted by atomic mass is 16.5. The summed E-state index contributed by atoms with van der Waals surface area (Å²) in [6.45, 7) is 7.67. The van der Waals surface area contributed by atoms with Gasteiger partial charge in [0.2, 0.25) is 5.91 Å². The van der Waals surface area contributed by atoms with Crippen LogP contribution in [0.25, 0.3) is 0 Å². The standard InChI is InChI=1S/C12H19NO3/c1-9(10-6-5-7-15-10)13-11(14)8-16-12(2,3)4/h5-7,9H,8H2,1-4H3,(H,13,14)/t9-/m0/s1. The lowest BCUT2D eigenvalue weighted by Gasteiger charge is -2.20. The molecule has 0 aliphatic carbocycles. The van der Waals surface area contributed by atoms with E-state index in [1.54, 1.807) is 12.3 Å². The van der Waals surface area contributed by atoms with Crippen LogP contribution in [-0.2, 0) is 9.53 Å². The lowest BCUT2D eigenvalue weighted by atomic mass is 10.2. The Balaban J connectivity index is 2.35.